The zero-order valence-corrected chi connectivity index (χ0v) is 17.1. The molecule has 0 bridgehead atoms. The molecule has 0 amide bonds. The predicted octanol–water partition coefficient (Wildman–Crippen LogP) is 3.95. The first-order chi connectivity index (χ1) is 13.2. The first kappa shape index (κ1) is 23.1. The Morgan fingerprint density at radius 2 is 2.04 bits per heavy atom. The number of ether oxygens (including phenoxy) is 2. The number of thiophene rings is 1. The fourth-order valence-corrected chi connectivity index (χ4v) is 4.84. The van der Waals surface area contributed by atoms with Crippen LogP contribution in [-0.4, -0.2) is 62.2 Å². The van der Waals surface area contributed by atoms with Gasteiger partial charge in [0.05, 0.1) is 13.2 Å². The molecule has 1 unspecified atom stereocenters. The molecule has 1 spiro atoms. The SMILES string of the molecule is COCC1COCCC12CCN(Cc1sccc1C)CC2.O=C(O)C(F)(F)F. The van der Waals surface area contributed by atoms with E-state index in [0.717, 1.165) is 26.4 Å². The summed E-state index contributed by atoms with van der Waals surface area (Å²) in [6.45, 7) is 8.47. The van der Waals surface area contributed by atoms with Crippen LogP contribution in [0, 0.1) is 18.3 Å². The number of hydrogen-bond acceptors (Lipinski definition) is 5. The summed E-state index contributed by atoms with van der Waals surface area (Å²) in [5.74, 6) is -2.17. The van der Waals surface area contributed by atoms with Gasteiger partial charge in [-0.15, -0.1) is 11.3 Å². The maximum atomic E-state index is 10.6. The molecule has 0 saturated carbocycles. The molecule has 2 fully saturated rings. The van der Waals surface area contributed by atoms with Crippen LogP contribution in [0.2, 0.25) is 0 Å². The third-order valence-electron chi connectivity index (χ3n) is 5.73. The second-order valence-electron chi connectivity index (χ2n) is 7.45. The van der Waals surface area contributed by atoms with Crippen molar-refractivity contribution in [3.8, 4) is 0 Å². The Hall–Kier alpha value is -1.16. The lowest BCUT2D eigenvalue weighted by Crippen LogP contribution is -2.49. The van der Waals surface area contributed by atoms with Crippen molar-refractivity contribution in [2.24, 2.45) is 11.3 Å². The highest BCUT2D eigenvalue weighted by atomic mass is 32.1. The Kier molecular flexibility index (Phi) is 8.30. The van der Waals surface area contributed by atoms with Gasteiger partial charge in [0.25, 0.3) is 0 Å². The molecule has 0 aliphatic carbocycles. The number of carbonyl (C=O) groups is 1. The molecule has 2 aliphatic rings. The minimum atomic E-state index is -5.08. The number of rotatable bonds is 4. The largest absolute Gasteiger partial charge is 0.490 e. The van der Waals surface area contributed by atoms with E-state index in [9.17, 15) is 13.2 Å². The van der Waals surface area contributed by atoms with E-state index in [4.69, 9.17) is 19.4 Å². The van der Waals surface area contributed by atoms with Gasteiger partial charge in [0, 0.05) is 31.1 Å². The number of aliphatic carboxylic acids is 1. The predicted molar refractivity (Wildman–Crippen MR) is 100 cm³/mol. The monoisotopic (exact) mass is 423 g/mol. The average Bonchev–Trinajstić information content (AvgIpc) is 3.04. The lowest BCUT2D eigenvalue weighted by molar-refractivity contribution is -0.192. The molecule has 1 N–H and O–H groups in total. The highest BCUT2D eigenvalue weighted by molar-refractivity contribution is 7.10. The summed E-state index contributed by atoms with van der Waals surface area (Å²) in [5, 5.41) is 9.34. The van der Waals surface area contributed by atoms with Gasteiger partial charge < -0.3 is 14.6 Å². The third-order valence-corrected chi connectivity index (χ3v) is 6.73. The molecule has 5 nitrogen and oxygen atoms in total. The number of aryl methyl sites for hydroxylation is 1. The molecule has 1 aromatic heterocycles. The molecular weight excluding hydrogens is 395 g/mol. The van der Waals surface area contributed by atoms with Crippen LogP contribution in [0.4, 0.5) is 13.2 Å². The number of nitrogens with zero attached hydrogens (tertiary/aromatic N) is 1. The number of likely N-dealkylation sites (tertiary alicyclic amines) is 1. The summed E-state index contributed by atoms with van der Waals surface area (Å²) in [7, 11) is 1.82. The normalized spacial score (nSPS) is 22.5. The third kappa shape index (κ3) is 6.17. The molecule has 9 heteroatoms. The number of halogens is 3. The summed E-state index contributed by atoms with van der Waals surface area (Å²) in [4.78, 5) is 13.1. The topological polar surface area (TPSA) is 59.0 Å². The summed E-state index contributed by atoms with van der Waals surface area (Å²) >= 11 is 1.90. The Morgan fingerprint density at radius 1 is 1.39 bits per heavy atom. The van der Waals surface area contributed by atoms with Crippen LogP contribution in [0.3, 0.4) is 0 Å². The summed E-state index contributed by atoms with van der Waals surface area (Å²) in [5.41, 5.74) is 1.92. The molecule has 160 valence electrons. The van der Waals surface area contributed by atoms with Gasteiger partial charge in [-0.05, 0) is 61.7 Å². The highest BCUT2D eigenvalue weighted by Gasteiger charge is 2.43. The molecule has 3 heterocycles. The molecule has 28 heavy (non-hydrogen) atoms. The number of carboxylic acids is 1. The van der Waals surface area contributed by atoms with Crippen molar-refractivity contribution in [3.05, 3.63) is 21.9 Å². The van der Waals surface area contributed by atoms with Crippen molar-refractivity contribution in [2.45, 2.75) is 38.9 Å². The van der Waals surface area contributed by atoms with Gasteiger partial charge in [-0.25, -0.2) is 4.79 Å². The van der Waals surface area contributed by atoms with Crippen LogP contribution in [0.25, 0.3) is 0 Å². The van der Waals surface area contributed by atoms with Crippen LogP contribution in [-0.2, 0) is 20.8 Å². The highest BCUT2D eigenvalue weighted by Crippen LogP contribution is 2.45. The summed E-state index contributed by atoms with van der Waals surface area (Å²) in [6.07, 6.45) is -1.27. The first-order valence-corrected chi connectivity index (χ1v) is 10.2. The number of methoxy groups -OCH3 is 1. The summed E-state index contributed by atoms with van der Waals surface area (Å²) in [6, 6.07) is 2.23. The van der Waals surface area contributed by atoms with Gasteiger partial charge in [0.1, 0.15) is 0 Å². The Bertz CT molecular complexity index is 625. The fourth-order valence-electron chi connectivity index (χ4n) is 3.89. The fraction of sp³-hybridized carbons (Fsp3) is 0.737. The molecule has 1 atom stereocenters. The van der Waals surface area contributed by atoms with Gasteiger partial charge in [-0.2, -0.15) is 13.2 Å². The quantitative estimate of drug-likeness (QED) is 0.795. The molecule has 1 aromatic rings. The molecule has 0 radical (unpaired) electrons. The smallest absolute Gasteiger partial charge is 0.475 e. The van der Waals surface area contributed by atoms with Crippen molar-refractivity contribution in [2.75, 3.05) is 40.0 Å². The first-order valence-electron chi connectivity index (χ1n) is 9.30. The van der Waals surface area contributed by atoms with E-state index in [0.29, 0.717) is 11.3 Å². The van der Waals surface area contributed by atoms with Crippen molar-refractivity contribution >= 4 is 17.3 Å². The van der Waals surface area contributed by atoms with Crippen LogP contribution in [0.5, 0.6) is 0 Å². The Balaban J connectivity index is 0.000000345. The van der Waals surface area contributed by atoms with Gasteiger partial charge in [-0.3, -0.25) is 4.90 Å². The van der Waals surface area contributed by atoms with Crippen LogP contribution < -0.4 is 0 Å². The number of piperidine rings is 1. The van der Waals surface area contributed by atoms with E-state index < -0.39 is 12.1 Å². The van der Waals surface area contributed by atoms with E-state index in [1.54, 1.807) is 0 Å². The van der Waals surface area contributed by atoms with E-state index in [-0.39, 0.29) is 0 Å². The molecule has 2 saturated heterocycles. The molecule has 2 aliphatic heterocycles. The maximum Gasteiger partial charge on any atom is 0.490 e. The van der Waals surface area contributed by atoms with Crippen molar-refractivity contribution < 1.29 is 32.5 Å². The van der Waals surface area contributed by atoms with Gasteiger partial charge in [-0.1, -0.05) is 0 Å². The average molecular weight is 423 g/mol. The molecule has 3 rings (SSSR count). The lowest BCUT2D eigenvalue weighted by Gasteiger charge is -2.49. The van der Waals surface area contributed by atoms with E-state index in [2.05, 4.69) is 23.3 Å². The lowest BCUT2D eigenvalue weighted by atomic mass is 9.66. The molecular formula is C19H28F3NO4S. The minimum Gasteiger partial charge on any atom is -0.475 e. The van der Waals surface area contributed by atoms with Crippen LogP contribution in [0.15, 0.2) is 11.4 Å². The van der Waals surface area contributed by atoms with Gasteiger partial charge in [0.15, 0.2) is 0 Å². The number of hydrogen-bond donors (Lipinski definition) is 1. The zero-order valence-electron chi connectivity index (χ0n) is 16.3. The maximum absolute atomic E-state index is 10.6. The number of carboxylic acid groups (broad SMARTS) is 1. The van der Waals surface area contributed by atoms with Gasteiger partial charge >= 0.3 is 12.1 Å². The van der Waals surface area contributed by atoms with Crippen LogP contribution in [0.1, 0.15) is 29.7 Å². The van der Waals surface area contributed by atoms with E-state index in [1.165, 1.54) is 42.8 Å². The number of alkyl halides is 3. The van der Waals surface area contributed by atoms with E-state index in [1.807, 2.05) is 18.4 Å². The Labute approximate surface area is 167 Å². The van der Waals surface area contributed by atoms with E-state index >= 15 is 0 Å². The van der Waals surface area contributed by atoms with Crippen molar-refractivity contribution in [1.82, 2.24) is 4.90 Å². The minimum absolute atomic E-state index is 0.468. The second kappa shape index (κ2) is 10.0. The Morgan fingerprint density at radius 3 is 2.54 bits per heavy atom. The van der Waals surface area contributed by atoms with Gasteiger partial charge in [0.2, 0.25) is 0 Å². The van der Waals surface area contributed by atoms with Crippen molar-refractivity contribution in [3.63, 3.8) is 0 Å². The van der Waals surface area contributed by atoms with Crippen molar-refractivity contribution in [1.29, 1.82) is 0 Å². The summed E-state index contributed by atoms with van der Waals surface area (Å²) < 4.78 is 42.9. The second-order valence-corrected chi connectivity index (χ2v) is 8.45. The van der Waals surface area contributed by atoms with Crippen LogP contribution >= 0.6 is 11.3 Å². The zero-order chi connectivity index (χ0) is 20.8. The standard InChI is InChI=1S/C17H27NO2S.C2HF3O2/c1-14-3-10-21-16(14)11-18-7-4-17(5-8-18)6-9-20-13-15(17)12-19-2;3-2(4,5)1(6)7/h3,10,15H,4-9,11-13H2,1-2H3;(H,6,7). The molecule has 0 aromatic carbocycles.